The second kappa shape index (κ2) is 6.26. The highest BCUT2D eigenvalue weighted by molar-refractivity contribution is 5.92. The Kier molecular flexibility index (Phi) is 4.83. The van der Waals surface area contributed by atoms with Crippen LogP contribution in [-0.4, -0.2) is 77.7 Å². The van der Waals surface area contributed by atoms with Crippen molar-refractivity contribution in [2.45, 2.75) is 88.5 Å². The fourth-order valence-corrected chi connectivity index (χ4v) is 6.91. The van der Waals surface area contributed by atoms with E-state index >= 15 is 0 Å². The van der Waals surface area contributed by atoms with Gasteiger partial charge in [0.15, 0.2) is 5.78 Å². The zero-order valence-corrected chi connectivity index (χ0v) is 17.8. The molecule has 0 aromatic heterocycles. The Morgan fingerprint density at radius 2 is 1.73 bits per heavy atom. The summed E-state index contributed by atoms with van der Waals surface area (Å²) < 4.78 is 4.98. The molecule has 0 amide bonds. The van der Waals surface area contributed by atoms with Crippen LogP contribution in [-0.2, 0) is 9.53 Å². The number of hydrogen-bond acceptors (Lipinski definition) is 8. The van der Waals surface area contributed by atoms with E-state index < -0.39 is 69.7 Å². The zero-order chi connectivity index (χ0) is 23.1. The van der Waals surface area contributed by atoms with Gasteiger partial charge >= 0.3 is 6.16 Å². The topological polar surface area (TPSA) is 165 Å². The molecule has 0 aromatic carbocycles. The average Bonchev–Trinajstić information content (AvgIpc) is 2.64. The number of rotatable bonds is 2. The van der Waals surface area contributed by atoms with Crippen LogP contribution in [0.1, 0.15) is 53.4 Å². The fourth-order valence-electron chi connectivity index (χ4n) is 6.91. The molecule has 2 unspecified atom stereocenters. The monoisotopic (exact) mass is 428 g/mol. The van der Waals surface area contributed by atoms with Gasteiger partial charge in [0.2, 0.25) is 0 Å². The van der Waals surface area contributed by atoms with E-state index in [2.05, 4.69) is 6.58 Å². The Balaban J connectivity index is 2.40. The number of aliphatic hydroxyl groups is 5. The number of Topliss-reactive ketones (excluding diaryl/α,β-unsaturated/α-hetero) is 1. The molecular formula is C21H32O9. The smallest absolute Gasteiger partial charge is 0.450 e. The van der Waals surface area contributed by atoms with Crippen molar-refractivity contribution in [1.82, 2.24) is 0 Å². The highest BCUT2D eigenvalue weighted by atomic mass is 16.7. The molecule has 3 rings (SSSR count). The molecule has 170 valence electrons. The van der Waals surface area contributed by atoms with Crippen LogP contribution in [0.15, 0.2) is 12.7 Å². The lowest BCUT2D eigenvalue weighted by atomic mass is 9.34. The van der Waals surface area contributed by atoms with Crippen molar-refractivity contribution in [3.8, 4) is 0 Å². The van der Waals surface area contributed by atoms with Crippen molar-refractivity contribution < 1.29 is 45.0 Å². The van der Waals surface area contributed by atoms with Gasteiger partial charge in [-0.05, 0) is 24.7 Å². The molecule has 0 aromatic rings. The number of carbonyl (C=O) groups is 2. The summed E-state index contributed by atoms with van der Waals surface area (Å²) in [5.41, 5.74) is -11.6. The molecule has 0 saturated heterocycles. The van der Waals surface area contributed by atoms with Crippen LogP contribution in [0.3, 0.4) is 0 Å². The fraction of sp³-hybridized carbons (Fsp3) is 0.810. The summed E-state index contributed by atoms with van der Waals surface area (Å²) in [5, 5.41) is 66.6. The van der Waals surface area contributed by atoms with Gasteiger partial charge in [0.1, 0.15) is 23.4 Å². The summed E-state index contributed by atoms with van der Waals surface area (Å²) in [6.07, 6.45) is -6.23. The van der Waals surface area contributed by atoms with Crippen LogP contribution < -0.4 is 0 Å². The maximum Gasteiger partial charge on any atom is 0.506 e. The molecule has 30 heavy (non-hydrogen) atoms. The summed E-state index contributed by atoms with van der Waals surface area (Å²) in [6.45, 7) is 9.45. The first-order valence-corrected chi connectivity index (χ1v) is 10.1. The third-order valence-corrected chi connectivity index (χ3v) is 8.60. The van der Waals surface area contributed by atoms with Crippen LogP contribution in [0.25, 0.3) is 0 Å². The third-order valence-electron chi connectivity index (χ3n) is 8.60. The first-order chi connectivity index (χ1) is 13.5. The number of carboxylic acid groups (broad SMARTS) is 1. The normalized spacial score (nSPS) is 52.7. The van der Waals surface area contributed by atoms with Gasteiger partial charge in [0.05, 0.1) is 17.1 Å². The largest absolute Gasteiger partial charge is 0.506 e. The van der Waals surface area contributed by atoms with Crippen LogP contribution in [0.5, 0.6) is 0 Å². The second-order valence-corrected chi connectivity index (χ2v) is 10.4. The van der Waals surface area contributed by atoms with Crippen LogP contribution >= 0.6 is 0 Å². The van der Waals surface area contributed by atoms with Crippen molar-refractivity contribution in [3.63, 3.8) is 0 Å². The van der Waals surface area contributed by atoms with E-state index in [-0.39, 0.29) is 19.3 Å². The molecule has 0 heterocycles. The predicted octanol–water partition coefficient (Wildman–Crippen LogP) is 0.360. The van der Waals surface area contributed by atoms with E-state index in [9.17, 15) is 40.2 Å². The van der Waals surface area contributed by atoms with Crippen LogP contribution in [0, 0.1) is 16.2 Å². The number of ketones is 1. The summed E-state index contributed by atoms with van der Waals surface area (Å²) in [7, 11) is 0. The summed E-state index contributed by atoms with van der Waals surface area (Å²) in [5.74, 6) is -0.887. The zero-order valence-electron chi connectivity index (χ0n) is 17.8. The molecule has 3 aliphatic carbocycles. The third kappa shape index (κ3) is 2.30. The number of hydrogen-bond donors (Lipinski definition) is 6. The SMILES string of the molecule is C=C[C@@]1(O)CC(=O)C2(O)[C@](C)(C1)[C@@H](OC(=O)O)[C@@H](O)[C@@]1(O)C(C)(C)CCC(O)[C@]21C. The van der Waals surface area contributed by atoms with Gasteiger partial charge in [-0.25, -0.2) is 4.79 Å². The van der Waals surface area contributed by atoms with Gasteiger partial charge in [0.25, 0.3) is 0 Å². The Morgan fingerprint density at radius 3 is 2.23 bits per heavy atom. The maximum absolute atomic E-state index is 13.5. The average molecular weight is 428 g/mol. The van der Waals surface area contributed by atoms with Gasteiger partial charge in [-0.3, -0.25) is 4.79 Å². The van der Waals surface area contributed by atoms with Crippen molar-refractivity contribution in [2.75, 3.05) is 0 Å². The quantitative estimate of drug-likeness (QED) is 0.269. The molecule has 9 nitrogen and oxygen atoms in total. The molecule has 3 saturated carbocycles. The molecule has 3 fully saturated rings. The summed E-state index contributed by atoms with van der Waals surface area (Å²) in [6, 6.07) is 0. The maximum atomic E-state index is 13.5. The molecule has 0 bridgehead atoms. The molecule has 8 atom stereocenters. The minimum absolute atomic E-state index is 0.139. The molecule has 3 aliphatic rings. The van der Waals surface area contributed by atoms with Gasteiger partial charge < -0.3 is 35.4 Å². The van der Waals surface area contributed by atoms with Gasteiger partial charge in [0, 0.05) is 11.8 Å². The Hall–Kier alpha value is -1.52. The Morgan fingerprint density at radius 1 is 1.17 bits per heavy atom. The first-order valence-electron chi connectivity index (χ1n) is 10.1. The van der Waals surface area contributed by atoms with Gasteiger partial charge in [-0.2, -0.15) is 0 Å². The van der Waals surface area contributed by atoms with E-state index in [4.69, 9.17) is 4.74 Å². The van der Waals surface area contributed by atoms with E-state index in [0.717, 1.165) is 6.08 Å². The summed E-state index contributed by atoms with van der Waals surface area (Å²) in [4.78, 5) is 25.0. The van der Waals surface area contributed by atoms with Crippen molar-refractivity contribution in [1.29, 1.82) is 0 Å². The molecule has 0 aliphatic heterocycles. The standard InChI is InChI=1S/C21H32O9/c1-6-19(27)9-12(23)20(28)17(4,10-19)14(30-15(25)26)13(24)21(29)16(2,3)8-7-11(22)18(20,21)5/h6,11,13-14,22,24,27-29H,1,7-10H2,2-5H3,(H,25,26)/t11?,13-,14+,17-,18-,19-,20?,21-/m1/s1. The number of fused-ring (bicyclic) bond motifs is 3. The number of carbonyl (C=O) groups excluding carboxylic acids is 1. The van der Waals surface area contributed by atoms with E-state index in [1.807, 2.05) is 0 Å². The Bertz CT molecular complexity index is 795. The minimum atomic E-state index is -2.51. The molecule has 6 N–H and O–H groups in total. The van der Waals surface area contributed by atoms with E-state index in [1.165, 1.54) is 13.8 Å². The Labute approximate surface area is 175 Å². The highest BCUT2D eigenvalue weighted by Crippen LogP contribution is 2.71. The second-order valence-electron chi connectivity index (χ2n) is 10.4. The van der Waals surface area contributed by atoms with E-state index in [0.29, 0.717) is 0 Å². The van der Waals surface area contributed by atoms with Crippen molar-refractivity contribution in [2.24, 2.45) is 16.2 Å². The molecule has 0 radical (unpaired) electrons. The molecule has 0 spiro atoms. The first kappa shape index (κ1) is 23.1. The number of aliphatic hydroxyl groups excluding tert-OH is 2. The lowest BCUT2D eigenvalue weighted by molar-refractivity contribution is -0.388. The lowest BCUT2D eigenvalue weighted by Gasteiger charge is -2.74. The minimum Gasteiger partial charge on any atom is -0.450 e. The highest BCUT2D eigenvalue weighted by Gasteiger charge is 2.85. The number of ether oxygens (including phenoxy) is 1. The van der Waals surface area contributed by atoms with Gasteiger partial charge in [-0.1, -0.05) is 33.8 Å². The van der Waals surface area contributed by atoms with Crippen LogP contribution in [0.2, 0.25) is 0 Å². The lowest BCUT2D eigenvalue weighted by Crippen LogP contribution is -2.89. The van der Waals surface area contributed by atoms with E-state index in [1.54, 1.807) is 13.8 Å². The van der Waals surface area contributed by atoms with Crippen molar-refractivity contribution >= 4 is 11.9 Å². The summed E-state index contributed by atoms with van der Waals surface area (Å²) >= 11 is 0. The van der Waals surface area contributed by atoms with Crippen LogP contribution in [0.4, 0.5) is 4.79 Å². The molecular weight excluding hydrogens is 396 g/mol. The molecule has 9 heteroatoms. The predicted molar refractivity (Wildman–Crippen MR) is 103 cm³/mol. The van der Waals surface area contributed by atoms with Gasteiger partial charge in [-0.15, -0.1) is 6.58 Å². The van der Waals surface area contributed by atoms with Crippen molar-refractivity contribution in [3.05, 3.63) is 12.7 Å².